The number of ether oxygens (including phenoxy) is 1. The molecule has 1 atom stereocenters. The van der Waals surface area contributed by atoms with Crippen molar-refractivity contribution in [2.75, 3.05) is 11.1 Å². The number of tetrazole rings is 1. The number of aromatic nitrogens is 4. The van der Waals surface area contributed by atoms with Crippen LogP contribution in [0.25, 0.3) is 0 Å². The minimum absolute atomic E-state index is 0.129. The number of nitrogens with zero attached hydrogens (tertiary/aromatic N) is 3. The molecule has 2 aromatic rings. The van der Waals surface area contributed by atoms with Gasteiger partial charge in [-0.25, -0.2) is 4.39 Å². The molecule has 108 valence electrons. The fourth-order valence-corrected chi connectivity index (χ4v) is 1.69. The van der Waals surface area contributed by atoms with Gasteiger partial charge in [0.2, 0.25) is 0 Å². The second kappa shape index (κ2) is 5.72. The van der Waals surface area contributed by atoms with Crippen molar-refractivity contribution >= 4 is 11.4 Å². The maximum atomic E-state index is 13.7. The van der Waals surface area contributed by atoms with Gasteiger partial charge in [0.05, 0.1) is 23.5 Å². The lowest BCUT2D eigenvalue weighted by Gasteiger charge is -2.17. The third kappa shape index (κ3) is 3.14. The summed E-state index contributed by atoms with van der Waals surface area (Å²) >= 11 is 0. The smallest absolute Gasteiger partial charge is 0.196 e. The number of halogens is 1. The molecule has 0 amide bonds. The van der Waals surface area contributed by atoms with E-state index in [2.05, 4.69) is 25.9 Å². The molecule has 0 saturated heterocycles. The fraction of sp³-hybridized carbons (Fsp3) is 0.417. The topological polar surface area (TPSA) is 102 Å². The van der Waals surface area contributed by atoms with Gasteiger partial charge in [-0.05, 0) is 20.8 Å². The fourth-order valence-electron chi connectivity index (χ4n) is 1.69. The first-order valence-electron chi connectivity index (χ1n) is 6.23. The van der Waals surface area contributed by atoms with Crippen molar-refractivity contribution < 1.29 is 9.13 Å². The highest BCUT2D eigenvalue weighted by atomic mass is 19.1. The molecular formula is C12H17FN6O. The largest absolute Gasteiger partial charge is 0.488 e. The minimum Gasteiger partial charge on any atom is -0.488 e. The molecule has 0 bridgehead atoms. The van der Waals surface area contributed by atoms with Crippen LogP contribution in [0, 0.1) is 5.82 Å². The first-order chi connectivity index (χ1) is 9.47. The van der Waals surface area contributed by atoms with Crippen molar-refractivity contribution in [3.63, 3.8) is 0 Å². The molecule has 7 nitrogen and oxygen atoms in total. The van der Waals surface area contributed by atoms with E-state index in [-0.39, 0.29) is 23.6 Å². The molecule has 2 rings (SSSR count). The minimum atomic E-state index is -0.492. The number of anilines is 2. The van der Waals surface area contributed by atoms with Gasteiger partial charge in [0, 0.05) is 12.1 Å². The highest BCUT2D eigenvalue weighted by molar-refractivity contribution is 5.69. The number of nitrogen functional groups attached to an aromatic ring is 1. The summed E-state index contributed by atoms with van der Waals surface area (Å²) in [5.74, 6) is 0.144. The molecule has 0 aliphatic carbocycles. The van der Waals surface area contributed by atoms with E-state index >= 15 is 0 Å². The summed E-state index contributed by atoms with van der Waals surface area (Å²) in [6.45, 7) is 5.49. The molecule has 4 N–H and O–H groups in total. The number of nitrogens with one attached hydrogen (secondary N) is 2. The van der Waals surface area contributed by atoms with Gasteiger partial charge in [-0.3, -0.25) is 0 Å². The molecule has 0 aliphatic rings. The molecule has 1 aromatic carbocycles. The van der Waals surface area contributed by atoms with Gasteiger partial charge in [0.1, 0.15) is 0 Å². The van der Waals surface area contributed by atoms with Crippen molar-refractivity contribution in [3.8, 4) is 5.75 Å². The van der Waals surface area contributed by atoms with Crippen LogP contribution >= 0.6 is 0 Å². The summed E-state index contributed by atoms with van der Waals surface area (Å²) in [5.41, 5.74) is 6.64. The van der Waals surface area contributed by atoms with E-state index in [1.54, 1.807) is 0 Å². The van der Waals surface area contributed by atoms with Gasteiger partial charge >= 0.3 is 0 Å². The van der Waals surface area contributed by atoms with Gasteiger partial charge in [-0.15, -0.1) is 10.2 Å². The number of hydrogen-bond donors (Lipinski definition) is 3. The number of rotatable bonds is 5. The quantitative estimate of drug-likeness (QED) is 0.723. The summed E-state index contributed by atoms with van der Waals surface area (Å²) in [5, 5.41) is 16.7. The Morgan fingerprint density at radius 1 is 1.35 bits per heavy atom. The molecular weight excluding hydrogens is 263 g/mol. The normalized spacial score (nSPS) is 12.4. The molecule has 1 unspecified atom stereocenters. The first kappa shape index (κ1) is 14.0. The van der Waals surface area contributed by atoms with Gasteiger partial charge in [0.25, 0.3) is 0 Å². The summed E-state index contributed by atoms with van der Waals surface area (Å²) in [4.78, 5) is 0. The number of H-pyrrole nitrogens is 1. The van der Waals surface area contributed by atoms with Crippen LogP contribution < -0.4 is 15.8 Å². The van der Waals surface area contributed by atoms with Gasteiger partial charge in [-0.2, -0.15) is 5.21 Å². The average Bonchev–Trinajstić information content (AvgIpc) is 2.88. The number of nitrogens with two attached hydrogens (primary N) is 1. The van der Waals surface area contributed by atoms with E-state index in [4.69, 9.17) is 10.5 Å². The predicted octanol–water partition coefficient (Wildman–Crippen LogP) is 1.88. The lowest BCUT2D eigenvalue weighted by Crippen LogP contribution is -2.12. The Balaban J connectivity index is 2.22. The zero-order chi connectivity index (χ0) is 14.7. The van der Waals surface area contributed by atoms with Crippen LogP contribution in [0.3, 0.4) is 0 Å². The number of benzene rings is 1. The van der Waals surface area contributed by atoms with Crippen LogP contribution in [0.1, 0.15) is 32.6 Å². The Morgan fingerprint density at radius 3 is 2.70 bits per heavy atom. The van der Waals surface area contributed by atoms with Crippen molar-refractivity contribution in [1.29, 1.82) is 0 Å². The Labute approximate surface area is 115 Å². The monoisotopic (exact) mass is 280 g/mol. The molecule has 8 heteroatoms. The second-order valence-electron chi connectivity index (χ2n) is 4.67. The van der Waals surface area contributed by atoms with Crippen LogP contribution in [0.4, 0.5) is 15.8 Å². The van der Waals surface area contributed by atoms with E-state index in [1.807, 2.05) is 20.8 Å². The standard InChI is InChI=1S/C12H17FN6O/c1-6(2)20-11-5-10(9(14)4-8(11)13)15-7(3)12-16-18-19-17-12/h4-7,15H,14H2,1-3H3,(H,16,17,18,19). The number of aromatic amines is 1. The van der Waals surface area contributed by atoms with E-state index in [9.17, 15) is 4.39 Å². The van der Waals surface area contributed by atoms with Gasteiger partial charge in [-0.1, -0.05) is 5.21 Å². The van der Waals surface area contributed by atoms with Crippen LogP contribution in [0.15, 0.2) is 12.1 Å². The van der Waals surface area contributed by atoms with Crippen LogP contribution in [0.5, 0.6) is 5.75 Å². The lowest BCUT2D eigenvalue weighted by atomic mass is 10.2. The third-order valence-electron chi connectivity index (χ3n) is 2.59. The average molecular weight is 280 g/mol. The van der Waals surface area contributed by atoms with E-state index in [0.29, 0.717) is 11.5 Å². The van der Waals surface area contributed by atoms with E-state index in [0.717, 1.165) is 0 Å². The third-order valence-corrected chi connectivity index (χ3v) is 2.59. The predicted molar refractivity (Wildman–Crippen MR) is 72.8 cm³/mol. The van der Waals surface area contributed by atoms with Crippen LogP contribution in [-0.2, 0) is 0 Å². The van der Waals surface area contributed by atoms with Crippen molar-refractivity contribution in [3.05, 3.63) is 23.8 Å². The van der Waals surface area contributed by atoms with Crippen LogP contribution in [-0.4, -0.2) is 26.7 Å². The zero-order valence-electron chi connectivity index (χ0n) is 11.5. The molecule has 0 saturated carbocycles. The maximum absolute atomic E-state index is 13.7. The summed E-state index contributed by atoms with van der Waals surface area (Å²) in [7, 11) is 0. The van der Waals surface area contributed by atoms with E-state index < -0.39 is 5.82 Å². The van der Waals surface area contributed by atoms with Crippen molar-refractivity contribution in [2.45, 2.75) is 32.9 Å². The Hall–Kier alpha value is -2.38. The molecule has 20 heavy (non-hydrogen) atoms. The van der Waals surface area contributed by atoms with Crippen LogP contribution in [0.2, 0.25) is 0 Å². The molecule has 0 radical (unpaired) electrons. The molecule has 1 heterocycles. The molecule has 0 fully saturated rings. The summed E-state index contributed by atoms with van der Waals surface area (Å²) in [6, 6.07) is 2.53. The van der Waals surface area contributed by atoms with Crippen molar-refractivity contribution in [2.24, 2.45) is 0 Å². The highest BCUT2D eigenvalue weighted by Gasteiger charge is 2.15. The Morgan fingerprint density at radius 2 is 2.10 bits per heavy atom. The maximum Gasteiger partial charge on any atom is 0.196 e. The lowest BCUT2D eigenvalue weighted by molar-refractivity contribution is 0.231. The zero-order valence-corrected chi connectivity index (χ0v) is 11.5. The SMILES string of the molecule is CC(C)Oc1cc(NC(C)c2nn[nH]n2)c(N)cc1F. The Bertz CT molecular complexity index is 572. The number of hydrogen-bond acceptors (Lipinski definition) is 6. The first-order valence-corrected chi connectivity index (χ1v) is 6.23. The second-order valence-corrected chi connectivity index (χ2v) is 4.67. The highest BCUT2D eigenvalue weighted by Crippen LogP contribution is 2.30. The summed E-state index contributed by atoms with van der Waals surface area (Å²) in [6.07, 6.45) is -0.129. The summed E-state index contributed by atoms with van der Waals surface area (Å²) < 4.78 is 19.1. The van der Waals surface area contributed by atoms with Gasteiger partial charge < -0.3 is 15.8 Å². The van der Waals surface area contributed by atoms with E-state index in [1.165, 1.54) is 12.1 Å². The molecule has 1 aromatic heterocycles. The molecule has 0 spiro atoms. The van der Waals surface area contributed by atoms with Gasteiger partial charge in [0.15, 0.2) is 17.4 Å². The molecule has 0 aliphatic heterocycles. The Kier molecular flexibility index (Phi) is 4.02. The van der Waals surface area contributed by atoms with Crippen molar-refractivity contribution in [1.82, 2.24) is 20.6 Å².